The summed E-state index contributed by atoms with van der Waals surface area (Å²) in [6, 6.07) is 3.99. The highest BCUT2D eigenvalue weighted by molar-refractivity contribution is 5.14. The van der Waals surface area contributed by atoms with Gasteiger partial charge in [0.1, 0.15) is 0 Å². The van der Waals surface area contributed by atoms with E-state index in [9.17, 15) is 0 Å². The topological polar surface area (TPSA) is 48.1 Å². The predicted octanol–water partition coefficient (Wildman–Crippen LogP) is 2.68. The van der Waals surface area contributed by atoms with Gasteiger partial charge in [0.25, 0.3) is 0 Å². The van der Waals surface area contributed by atoms with Crippen LogP contribution in [0.3, 0.4) is 0 Å². The molecule has 3 nitrogen and oxygen atoms in total. The fourth-order valence-electron chi connectivity index (χ4n) is 1.58. The van der Waals surface area contributed by atoms with E-state index >= 15 is 0 Å². The van der Waals surface area contributed by atoms with Crippen molar-refractivity contribution in [3.63, 3.8) is 0 Å². The van der Waals surface area contributed by atoms with Gasteiger partial charge in [-0.25, -0.2) is 0 Å². The van der Waals surface area contributed by atoms with Crippen LogP contribution in [0.5, 0.6) is 0 Å². The van der Waals surface area contributed by atoms with Crippen LogP contribution in [0.15, 0.2) is 24.5 Å². The van der Waals surface area contributed by atoms with Gasteiger partial charge in [-0.05, 0) is 18.9 Å². The lowest BCUT2D eigenvalue weighted by atomic mass is 10.0. The average molecular weight is 222 g/mol. The molecule has 2 atom stereocenters. The fraction of sp³-hybridized carbons (Fsp3) is 0.615. The molecule has 1 rings (SSSR count). The minimum atomic E-state index is -0.0229. The highest BCUT2D eigenvalue weighted by Crippen LogP contribution is 2.21. The second kappa shape index (κ2) is 7.36. The predicted molar refractivity (Wildman–Crippen MR) is 66.1 cm³/mol. The number of nitrogens with two attached hydrogens (primary N) is 1. The number of pyridine rings is 1. The van der Waals surface area contributed by atoms with Gasteiger partial charge in [0.15, 0.2) is 0 Å². The Kier molecular flexibility index (Phi) is 6.04. The third-order valence-corrected chi connectivity index (χ3v) is 2.67. The monoisotopic (exact) mass is 222 g/mol. The van der Waals surface area contributed by atoms with E-state index in [-0.39, 0.29) is 12.1 Å². The lowest BCUT2D eigenvalue weighted by Gasteiger charge is -2.23. The minimum absolute atomic E-state index is 0.0229. The van der Waals surface area contributed by atoms with E-state index in [1.54, 1.807) is 6.20 Å². The second-order valence-corrected chi connectivity index (χ2v) is 4.00. The summed E-state index contributed by atoms with van der Waals surface area (Å²) in [7, 11) is 0. The number of unbranched alkanes of at least 4 members (excludes halogenated alkanes) is 1. The van der Waals surface area contributed by atoms with E-state index in [0.29, 0.717) is 0 Å². The van der Waals surface area contributed by atoms with E-state index in [2.05, 4.69) is 18.8 Å². The van der Waals surface area contributed by atoms with Gasteiger partial charge in [-0.2, -0.15) is 0 Å². The van der Waals surface area contributed by atoms with Crippen molar-refractivity contribution < 1.29 is 4.74 Å². The Labute approximate surface area is 98.0 Å². The molecule has 0 aromatic carbocycles. The molecule has 0 radical (unpaired) electrons. The number of aromatic nitrogens is 1. The van der Waals surface area contributed by atoms with Gasteiger partial charge in [-0.1, -0.05) is 26.3 Å². The van der Waals surface area contributed by atoms with Gasteiger partial charge < -0.3 is 10.5 Å². The quantitative estimate of drug-likeness (QED) is 0.721. The summed E-state index contributed by atoms with van der Waals surface area (Å²) in [5.41, 5.74) is 7.16. The Bertz CT molecular complexity index is 277. The summed E-state index contributed by atoms with van der Waals surface area (Å²) in [4.78, 5) is 4.11. The first-order valence-corrected chi connectivity index (χ1v) is 6.06. The van der Waals surface area contributed by atoms with Crippen molar-refractivity contribution in [2.45, 2.75) is 45.3 Å². The van der Waals surface area contributed by atoms with Crippen LogP contribution in [0, 0.1) is 0 Å². The van der Waals surface area contributed by atoms with Crippen LogP contribution in [0.1, 0.15) is 44.8 Å². The second-order valence-electron chi connectivity index (χ2n) is 4.00. The van der Waals surface area contributed by atoms with Crippen molar-refractivity contribution in [2.24, 2.45) is 5.73 Å². The molecular weight excluding hydrogens is 200 g/mol. The van der Waals surface area contributed by atoms with E-state index in [1.807, 2.05) is 18.3 Å². The molecular formula is C13H22N2O. The third kappa shape index (κ3) is 3.91. The van der Waals surface area contributed by atoms with Crippen LogP contribution in [-0.4, -0.2) is 17.6 Å². The van der Waals surface area contributed by atoms with Crippen molar-refractivity contribution in [1.29, 1.82) is 0 Å². The molecule has 1 heterocycles. The molecule has 2 unspecified atom stereocenters. The Morgan fingerprint density at radius 3 is 2.81 bits per heavy atom. The largest absolute Gasteiger partial charge is 0.372 e. The van der Waals surface area contributed by atoms with Crippen molar-refractivity contribution in [3.8, 4) is 0 Å². The first kappa shape index (κ1) is 13.1. The summed E-state index contributed by atoms with van der Waals surface area (Å²) >= 11 is 0. The molecule has 0 bridgehead atoms. The molecule has 1 aromatic rings. The highest BCUT2D eigenvalue weighted by Gasteiger charge is 2.18. The summed E-state index contributed by atoms with van der Waals surface area (Å²) in [6.45, 7) is 5.00. The van der Waals surface area contributed by atoms with Gasteiger partial charge in [0, 0.05) is 30.6 Å². The molecule has 0 saturated heterocycles. The van der Waals surface area contributed by atoms with Crippen LogP contribution in [0.4, 0.5) is 0 Å². The van der Waals surface area contributed by atoms with E-state index < -0.39 is 0 Å². The third-order valence-electron chi connectivity index (χ3n) is 2.67. The van der Waals surface area contributed by atoms with Crippen LogP contribution < -0.4 is 5.73 Å². The van der Waals surface area contributed by atoms with Gasteiger partial charge >= 0.3 is 0 Å². The first-order valence-electron chi connectivity index (χ1n) is 6.06. The van der Waals surface area contributed by atoms with Crippen molar-refractivity contribution >= 4 is 0 Å². The molecule has 1 aromatic heterocycles. The van der Waals surface area contributed by atoms with E-state index in [0.717, 1.165) is 31.4 Å². The molecule has 0 saturated carbocycles. The van der Waals surface area contributed by atoms with Crippen LogP contribution >= 0.6 is 0 Å². The number of ether oxygens (including phenoxy) is 1. The van der Waals surface area contributed by atoms with Crippen molar-refractivity contribution in [1.82, 2.24) is 4.98 Å². The molecule has 0 fully saturated rings. The smallest absolute Gasteiger partial charge is 0.0990 e. The first-order chi connectivity index (χ1) is 7.79. The zero-order valence-electron chi connectivity index (χ0n) is 10.2. The summed E-state index contributed by atoms with van der Waals surface area (Å²) in [5.74, 6) is 0. The van der Waals surface area contributed by atoms with E-state index in [1.165, 1.54) is 0 Å². The summed E-state index contributed by atoms with van der Waals surface area (Å²) in [6.07, 6.45) is 6.71. The zero-order valence-corrected chi connectivity index (χ0v) is 10.2. The Morgan fingerprint density at radius 1 is 1.44 bits per heavy atom. The van der Waals surface area contributed by atoms with Gasteiger partial charge in [-0.3, -0.25) is 4.98 Å². The molecule has 2 N–H and O–H groups in total. The Balaban J connectivity index is 2.64. The lowest BCUT2D eigenvalue weighted by molar-refractivity contribution is 0.0316. The average Bonchev–Trinajstić information content (AvgIpc) is 2.35. The maximum atomic E-state index is 6.08. The normalized spacial score (nSPS) is 14.7. The zero-order chi connectivity index (χ0) is 11.8. The molecule has 0 aliphatic rings. The molecule has 0 aliphatic carbocycles. The standard InChI is InChI=1S/C13H22N2O/c1-3-5-9-16-13(12(14)4-2)11-7-6-8-15-10-11/h6-8,10,12-13H,3-5,9,14H2,1-2H3. The summed E-state index contributed by atoms with van der Waals surface area (Å²) < 4.78 is 5.86. The minimum Gasteiger partial charge on any atom is -0.372 e. The number of nitrogens with zero attached hydrogens (tertiary/aromatic N) is 1. The number of hydrogen-bond donors (Lipinski definition) is 1. The van der Waals surface area contributed by atoms with Crippen LogP contribution in [-0.2, 0) is 4.74 Å². The van der Waals surface area contributed by atoms with Gasteiger partial charge in [-0.15, -0.1) is 0 Å². The number of rotatable bonds is 7. The maximum Gasteiger partial charge on any atom is 0.0990 e. The molecule has 0 amide bonds. The van der Waals surface area contributed by atoms with Gasteiger partial charge in [0.2, 0.25) is 0 Å². The number of hydrogen-bond acceptors (Lipinski definition) is 3. The lowest BCUT2D eigenvalue weighted by Crippen LogP contribution is -2.29. The molecule has 90 valence electrons. The van der Waals surface area contributed by atoms with Crippen LogP contribution in [0.2, 0.25) is 0 Å². The van der Waals surface area contributed by atoms with Crippen LogP contribution in [0.25, 0.3) is 0 Å². The summed E-state index contributed by atoms with van der Waals surface area (Å²) in [5, 5.41) is 0. The SMILES string of the molecule is CCCCOC(c1cccnc1)C(N)CC. The van der Waals surface area contributed by atoms with E-state index in [4.69, 9.17) is 10.5 Å². The molecule has 0 aliphatic heterocycles. The van der Waals surface area contributed by atoms with Crippen molar-refractivity contribution in [2.75, 3.05) is 6.61 Å². The van der Waals surface area contributed by atoms with Gasteiger partial charge in [0.05, 0.1) is 6.10 Å². The molecule has 0 spiro atoms. The highest BCUT2D eigenvalue weighted by atomic mass is 16.5. The van der Waals surface area contributed by atoms with Crippen molar-refractivity contribution in [3.05, 3.63) is 30.1 Å². The molecule has 3 heteroatoms. The molecule has 16 heavy (non-hydrogen) atoms. The maximum absolute atomic E-state index is 6.08. The Hall–Kier alpha value is -0.930. The Morgan fingerprint density at radius 2 is 2.25 bits per heavy atom. The fourth-order valence-corrected chi connectivity index (χ4v) is 1.58.